The normalized spacial score (nSPS) is 13.6. The van der Waals surface area contributed by atoms with E-state index in [0.29, 0.717) is 30.4 Å². The molecule has 1 aliphatic rings. The Labute approximate surface area is 163 Å². The summed E-state index contributed by atoms with van der Waals surface area (Å²) in [6.07, 6.45) is 1.19. The molecule has 0 saturated heterocycles. The zero-order valence-electron chi connectivity index (χ0n) is 15.9. The predicted octanol–water partition coefficient (Wildman–Crippen LogP) is 2.69. The van der Waals surface area contributed by atoms with Gasteiger partial charge in [0, 0.05) is 37.5 Å². The lowest BCUT2D eigenvalue weighted by molar-refractivity contribution is -0.116. The van der Waals surface area contributed by atoms with E-state index in [9.17, 15) is 13.2 Å². The number of pyridine rings is 1. The Morgan fingerprint density at radius 2 is 1.75 bits per heavy atom. The fourth-order valence-electron chi connectivity index (χ4n) is 3.46. The first-order chi connectivity index (χ1) is 13.3. The monoisotopic (exact) mass is 396 g/mol. The van der Waals surface area contributed by atoms with Gasteiger partial charge in [0.15, 0.2) is 9.84 Å². The van der Waals surface area contributed by atoms with Gasteiger partial charge in [-0.1, -0.05) is 18.2 Å². The molecular formula is C20H20N4O3S. The van der Waals surface area contributed by atoms with Gasteiger partial charge in [0.05, 0.1) is 16.3 Å². The number of hydrogen-bond acceptors (Lipinski definition) is 5. The van der Waals surface area contributed by atoms with Crippen LogP contribution in [0.25, 0.3) is 22.6 Å². The minimum atomic E-state index is -3.28. The molecule has 7 nitrogen and oxygen atoms in total. The molecule has 0 bridgehead atoms. The Hall–Kier alpha value is -3.00. The molecule has 0 atom stereocenters. The standard InChI is InChI=1S/C20H20N4O3S/c1-13-5-4-6-17(21-13)18-19(15-7-9-16(10-8-15)28(3,26)27)24-12-11-23(14(2)25)20(24)22-18/h4-10H,11-12H2,1-3H3. The molecule has 0 aliphatic carbocycles. The second kappa shape index (κ2) is 6.56. The van der Waals surface area contributed by atoms with Crippen LogP contribution in [-0.2, 0) is 21.2 Å². The van der Waals surface area contributed by atoms with Gasteiger partial charge in [0.25, 0.3) is 0 Å². The van der Waals surface area contributed by atoms with Crippen LogP contribution < -0.4 is 4.90 Å². The summed E-state index contributed by atoms with van der Waals surface area (Å²) >= 11 is 0. The van der Waals surface area contributed by atoms with E-state index in [1.807, 2.05) is 29.7 Å². The van der Waals surface area contributed by atoms with Gasteiger partial charge in [-0.05, 0) is 31.2 Å². The van der Waals surface area contributed by atoms with E-state index < -0.39 is 9.84 Å². The number of carbonyl (C=O) groups excluding carboxylic acids is 1. The van der Waals surface area contributed by atoms with E-state index in [-0.39, 0.29) is 10.8 Å². The third kappa shape index (κ3) is 3.09. The Morgan fingerprint density at radius 3 is 2.36 bits per heavy atom. The number of rotatable bonds is 3. The summed E-state index contributed by atoms with van der Waals surface area (Å²) in [4.78, 5) is 23.2. The molecule has 0 fully saturated rings. The molecule has 2 aromatic heterocycles. The lowest BCUT2D eigenvalue weighted by atomic mass is 10.1. The molecule has 1 aromatic carbocycles. The summed E-state index contributed by atoms with van der Waals surface area (Å²) in [5, 5.41) is 0. The highest BCUT2D eigenvalue weighted by molar-refractivity contribution is 7.90. The van der Waals surface area contributed by atoms with Crippen molar-refractivity contribution in [1.82, 2.24) is 14.5 Å². The second-order valence-corrected chi connectivity index (χ2v) is 8.91. The molecule has 0 unspecified atom stereocenters. The van der Waals surface area contributed by atoms with E-state index in [2.05, 4.69) is 4.98 Å². The van der Waals surface area contributed by atoms with Gasteiger partial charge in [-0.2, -0.15) is 0 Å². The predicted molar refractivity (Wildman–Crippen MR) is 107 cm³/mol. The summed E-state index contributed by atoms with van der Waals surface area (Å²) in [5.74, 6) is 0.527. The fraction of sp³-hybridized carbons (Fsp3) is 0.250. The molecule has 3 heterocycles. The molecule has 8 heteroatoms. The van der Waals surface area contributed by atoms with Crippen molar-refractivity contribution in [3.05, 3.63) is 48.2 Å². The van der Waals surface area contributed by atoms with Crippen LogP contribution in [0.2, 0.25) is 0 Å². The maximum Gasteiger partial charge on any atom is 0.226 e. The average Bonchev–Trinajstić information content (AvgIpc) is 3.20. The first-order valence-corrected chi connectivity index (χ1v) is 10.8. The largest absolute Gasteiger partial charge is 0.307 e. The van der Waals surface area contributed by atoms with Gasteiger partial charge in [0.2, 0.25) is 11.9 Å². The van der Waals surface area contributed by atoms with Crippen LogP contribution in [0.5, 0.6) is 0 Å². The van der Waals surface area contributed by atoms with E-state index >= 15 is 0 Å². The van der Waals surface area contributed by atoms with E-state index in [4.69, 9.17) is 4.98 Å². The topological polar surface area (TPSA) is 85.2 Å². The fourth-order valence-corrected chi connectivity index (χ4v) is 4.09. The maximum absolute atomic E-state index is 12.0. The van der Waals surface area contributed by atoms with Crippen molar-refractivity contribution in [3.8, 4) is 22.6 Å². The Bertz CT molecular complexity index is 1180. The molecule has 3 aromatic rings. The van der Waals surface area contributed by atoms with Crippen molar-refractivity contribution in [2.45, 2.75) is 25.3 Å². The lowest BCUT2D eigenvalue weighted by Gasteiger charge is -2.09. The van der Waals surface area contributed by atoms with Crippen molar-refractivity contribution >= 4 is 21.7 Å². The van der Waals surface area contributed by atoms with Gasteiger partial charge >= 0.3 is 0 Å². The van der Waals surface area contributed by atoms with Gasteiger partial charge in [-0.25, -0.2) is 13.4 Å². The van der Waals surface area contributed by atoms with Gasteiger partial charge in [-0.3, -0.25) is 14.7 Å². The van der Waals surface area contributed by atoms with Crippen LogP contribution >= 0.6 is 0 Å². The second-order valence-electron chi connectivity index (χ2n) is 6.89. The van der Waals surface area contributed by atoms with E-state index in [1.54, 1.807) is 29.2 Å². The SMILES string of the molecule is CC(=O)N1CCn2c1nc(-c1cccc(C)n1)c2-c1ccc(S(C)(=O)=O)cc1. The number of anilines is 1. The summed E-state index contributed by atoms with van der Waals surface area (Å²) in [6, 6.07) is 12.5. The minimum Gasteiger partial charge on any atom is -0.307 e. The van der Waals surface area contributed by atoms with Crippen LogP contribution in [0.3, 0.4) is 0 Å². The number of hydrogen-bond donors (Lipinski definition) is 0. The Kier molecular flexibility index (Phi) is 4.30. The van der Waals surface area contributed by atoms with Gasteiger partial charge < -0.3 is 4.57 Å². The first kappa shape index (κ1) is 18.4. The third-order valence-corrected chi connectivity index (χ3v) is 5.93. The molecule has 4 rings (SSSR count). The number of nitrogens with zero attached hydrogens (tertiary/aromatic N) is 4. The van der Waals surface area contributed by atoms with E-state index in [0.717, 1.165) is 17.0 Å². The van der Waals surface area contributed by atoms with Crippen molar-refractivity contribution in [1.29, 1.82) is 0 Å². The number of fused-ring (bicyclic) bond motifs is 1. The average molecular weight is 396 g/mol. The van der Waals surface area contributed by atoms with Crippen LogP contribution in [-0.4, -0.2) is 41.7 Å². The Balaban J connectivity index is 1.93. The molecule has 0 spiro atoms. The first-order valence-electron chi connectivity index (χ1n) is 8.89. The lowest BCUT2D eigenvalue weighted by Crippen LogP contribution is -2.26. The number of sulfone groups is 1. The highest BCUT2D eigenvalue weighted by atomic mass is 32.2. The molecular weight excluding hydrogens is 376 g/mol. The quantitative estimate of drug-likeness (QED) is 0.680. The summed E-state index contributed by atoms with van der Waals surface area (Å²) in [5.41, 5.74) is 3.92. The zero-order chi connectivity index (χ0) is 20.1. The molecule has 1 aliphatic heterocycles. The number of benzene rings is 1. The maximum atomic E-state index is 12.0. The number of carbonyl (C=O) groups is 1. The third-order valence-electron chi connectivity index (χ3n) is 4.80. The molecule has 0 radical (unpaired) electrons. The van der Waals surface area contributed by atoms with Crippen molar-refractivity contribution < 1.29 is 13.2 Å². The highest BCUT2D eigenvalue weighted by Gasteiger charge is 2.30. The smallest absolute Gasteiger partial charge is 0.226 e. The Morgan fingerprint density at radius 1 is 1.04 bits per heavy atom. The minimum absolute atomic E-state index is 0.0634. The molecule has 0 N–H and O–H groups in total. The molecule has 28 heavy (non-hydrogen) atoms. The van der Waals surface area contributed by atoms with Crippen LogP contribution in [0.4, 0.5) is 5.95 Å². The number of aryl methyl sites for hydroxylation is 1. The van der Waals surface area contributed by atoms with Crippen LogP contribution in [0.1, 0.15) is 12.6 Å². The van der Waals surface area contributed by atoms with Crippen molar-refractivity contribution in [2.75, 3.05) is 17.7 Å². The molecule has 144 valence electrons. The van der Waals surface area contributed by atoms with E-state index in [1.165, 1.54) is 13.2 Å². The summed E-state index contributed by atoms with van der Waals surface area (Å²) in [6.45, 7) is 4.62. The summed E-state index contributed by atoms with van der Waals surface area (Å²) in [7, 11) is -3.28. The summed E-state index contributed by atoms with van der Waals surface area (Å²) < 4.78 is 25.6. The van der Waals surface area contributed by atoms with Gasteiger partial charge in [0.1, 0.15) is 5.69 Å². The van der Waals surface area contributed by atoms with Crippen molar-refractivity contribution in [3.63, 3.8) is 0 Å². The molecule has 1 amide bonds. The highest BCUT2D eigenvalue weighted by Crippen LogP contribution is 2.37. The number of amides is 1. The zero-order valence-corrected chi connectivity index (χ0v) is 16.7. The van der Waals surface area contributed by atoms with Gasteiger partial charge in [-0.15, -0.1) is 0 Å². The number of imidazole rings is 1. The van der Waals surface area contributed by atoms with Crippen molar-refractivity contribution in [2.24, 2.45) is 0 Å². The molecule has 0 saturated carbocycles. The number of aromatic nitrogens is 3. The van der Waals surface area contributed by atoms with Crippen LogP contribution in [0, 0.1) is 6.92 Å². The van der Waals surface area contributed by atoms with Crippen LogP contribution in [0.15, 0.2) is 47.4 Å².